The second-order valence-corrected chi connectivity index (χ2v) is 6.11. The van der Waals surface area contributed by atoms with Crippen molar-refractivity contribution in [3.05, 3.63) is 47.8 Å². The fourth-order valence-electron chi connectivity index (χ4n) is 3.14. The maximum atomic E-state index is 9.04. The molecule has 0 bridgehead atoms. The van der Waals surface area contributed by atoms with E-state index < -0.39 is 0 Å². The lowest BCUT2D eigenvalue weighted by Gasteiger charge is -2.31. The highest BCUT2D eigenvalue weighted by Gasteiger charge is 2.20. The first-order valence-corrected chi connectivity index (χ1v) is 8.24. The van der Waals surface area contributed by atoms with Gasteiger partial charge in [-0.05, 0) is 68.1 Å². The summed E-state index contributed by atoms with van der Waals surface area (Å²) in [4.78, 5) is 11.1. The van der Waals surface area contributed by atoms with E-state index in [9.17, 15) is 0 Å². The van der Waals surface area contributed by atoms with Gasteiger partial charge < -0.3 is 15.3 Å². The van der Waals surface area contributed by atoms with Crippen molar-refractivity contribution in [1.29, 1.82) is 0 Å². The zero-order valence-electron chi connectivity index (χ0n) is 13.6. The number of pyridine rings is 2. The molecular formula is C18H24N4O. The Morgan fingerprint density at radius 3 is 2.78 bits per heavy atom. The van der Waals surface area contributed by atoms with Crippen LogP contribution in [0.3, 0.4) is 0 Å². The third kappa shape index (κ3) is 4.06. The van der Waals surface area contributed by atoms with Crippen molar-refractivity contribution in [3.63, 3.8) is 0 Å². The van der Waals surface area contributed by atoms with E-state index in [2.05, 4.69) is 32.3 Å². The molecule has 0 radical (unpaired) electrons. The molecule has 0 atom stereocenters. The van der Waals surface area contributed by atoms with Gasteiger partial charge in [-0.3, -0.25) is 0 Å². The standard InChI is InChI=1S/C18H24N4O/c1-14-3-2-7-20-18(14)21-17-13-16(4-8-19-17)15-5-9-22(10-6-15)11-12-23/h2-4,7-8,13,15,23H,5-6,9-12H2,1H3,(H,19,20,21). The molecule has 3 heterocycles. The van der Waals surface area contributed by atoms with Gasteiger partial charge >= 0.3 is 0 Å². The first-order chi connectivity index (χ1) is 11.3. The Morgan fingerprint density at radius 2 is 2.04 bits per heavy atom. The van der Waals surface area contributed by atoms with Gasteiger partial charge in [-0.15, -0.1) is 0 Å². The van der Waals surface area contributed by atoms with E-state index in [4.69, 9.17) is 5.11 Å². The molecule has 23 heavy (non-hydrogen) atoms. The molecule has 2 aromatic heterocycles. The van der Waals surface area contributed by atoms with Gasteiger partial charge in [-0.1, -0.05) is 6.07 Å². The number of hydrogen-bond donors (Lipinski definition) is 2. The highest BCUT2D eigenvalue weighted by molar-refractivity contribution is 5.56. The zero-order chi connectivity index (χ0) is 16.1. The smallest absolute Gasteiger partial charge is 0.134 e. The summed E-state index contributed by atoms with van der Waals surface area (Å²) in [5, 5.41) is 12.4. The van der Waals surface area contributed by atoms with Crippen molar-refractivity contribution in [1.82, 2.24) is 14.9 Å². The van der Waals surface area contributed by atoms with Crippen LogP contribution in [0.15, 0.2) is 36.7 Å². The number of aliphatic hydroxyl groups is 1. The van der Waals surface area contributed by atoms with Gasteiger partial charge in [-0.25, -0.2) is 9.97 Å². The summed E-state index contributed by atoms with van der Waals surface area (Å²) < 4.78 is 0. The van der Waals surface area contributed by atoms with E-state index in [1.54, 1.807) is 6.20 Å². The van der Waals surface area contributed by atoms with E-state index in [1.807, 2.05) is 25.3 Å². The van der Waals surface area contributed by atoms with E-state index in [0.29, 0.717) is 5.92 Å². The number of aromatic nitrogens is 2. The van der Waals surface area contributed by atoms with Crippen LogP contribution in [0.2, 0.25) is 0 Å². The van der Waals surface area contributed by atoms with Gasteiger partial charge in [-0.2, -0.15) is 0 Å². The molecule has 5 nitrogen and oxygen atoms in total. The lowest BCUT2D eigenvalue weighted by molar-refractivity contribution is 0.164. The fourth-order valence-corrected chi connectivity index (χ4v) is 3.14. The molecule has 2 N–H and O–H groups in total. The third-order valence-corrected chi connectivity index (χ3v) is 4.52. The number of nitrogens with zero attached hydrogens (tertiary/aromatic N) is 3. The van der Waals surface area contributed by atoms with Crippen LogP contribution >= 0.6 is 0 Å². The van der Waals surface area contributed by atoms with Gasteiger partial charge in [0.2, 0.25) is 0 Å². The molecule has 1 saturated heterocycles. The highest BCUT2D eigenvalue weighted by atomic mass is 16.3. The fraction of sp³-hybridized carbons (Fsp3) is 0.444. The number of hydrogen-bond acceptors (Lipinski definition) is 5. The quantitative estimate of drug-likeness (QED) is 0.889. The number of likely N-dealkylation sites (tertiary alicyclic amines) is 1. The summed E-state index contributed by atoms with van der Waals surface area (Å²) in [6.45, 7) is 5.17. The number of aryl methyl sites for hydroxylation is 1. The summed E-state index contributed by atoms with van der Waals surface area (Å²) in [7, 11) is 0. The Kier molecular flexibility index (Phi) is 5.20. The Bertz CT molecular complexity index is 638. The Labute approximate surface area is 137 Å². The van der Waals surface area contributed by atoms with Crippen molar-refractivity contribution in [2.45, 2.75) is 25.7 Å². The minimum Gasteiger partial charge on any atom is -0.395 e. The van der Waals surface area contributed by atoms with Crippen LogP contribution in [-0.2, 0) is 0 Å². The van der Waals surface area contributed by atoms with Crippen molar-refractivity contribution >= 4 is 11.6 Å². The van der Waals surface area contributed by atoms with Crippen LogP contribution in [0.1, 0.15) is 29.9 Å². The molecule has 5 heteroatoms. The van der Waals surface area contributed by atoms with Crippen LogP contribution in [0.25, 0.3) is 0 Å². The molecule has 0 aliphatic carbocycles. The Balaban J connectivity index is 1.67. The molecule has 0 unspecified atom stereocenters. The maximum absolute atomic E-state index is 9.04. The number of piperidine rings is 1. The molecular weight excluding hydrogens is 288 g/mol. The number of anilines is 2. The highest BCUT2D eigenvalue weighted by Crippen LogP contribution is 2.29. The lowest BCUT2D eigenvalue weighted by atomic mass is 9.90. The Hall–Kier alpha value is -1.98. The van der Waals surface area contributed by atoms with Crippen LogP contribution in [0.5, 0.6) is 0 Å². The van der Waals surface area contributed by atoms with Crippen LogP contribution in [0.4, 0.5) is 11.6 Å². The van der Waals surface area contributed by atoms with Crippen molar-refractivity contribution in [2.75, 3.05) is 31.6 Å². The third-order valence-electron chi connectivity index (χ3n) is 4.52. The average Bonchev–Trinajstić information content (AvgIpc) is 2.58. The molecule has 0 spiro atoms. The zero-order valence-corrected chi connectivity index (χ0v) is 13.6. The van der Waals surface area contributed by atoms with Gasteiger partial charge in [0.1, 0.15) is 11.6 Å². The average molecular weight is 312 g/mol. The van der Waals surface area contributed by atoms with Gasteiger partial charge in [0.25, 0.3) is 0 Å². The largest absolute Gasteiger partial charge is 0.395 e. The van der Waals surface area contributed by atoms with E-state index in [1.165, 1.54) is 5.56 Å². The number of β-amino-alcohol motifs (C(OH)–C–C–N with tert-alkyl or cyclic N) is 1. The number of rotatable bonds is 5. The molecule has 1 aliphatic rings. The van der Waals surface area contributed by atoms with E-state index >= 15 is 0 Å². The van der Waals surface area contributed by atoms with E-state index in [0.717, 1.165) is 49.7 Å². The predicted molar refractivity (Wildman–Crippen MR) is 92.0 cm³/mol. The second kappa shape index (κ2) is 7.53. The molecule has 0 aromatic carbocycles. The SMILES string of the molecule is Cc1cccnc1Nc1cc(C2CCN(CCO)CC2)ccn1. The topological polar surface area (TPSA) is 61.3 Å². The molecule has 1 aliphatic heterocycles. The van der Waals surface area contributed by atoms with Gasteiger partial charge in [0.05, 0.1) is 6.61 Å². The van der Waals surface area contributed by atoms with Crippen molar-refractivity contribution in [3.8, 4) is 0 Å². The normalized spacial score (nSPS) is 16.4. The molecule has 3 rings (SSSR count). The number of aliphatic hydroxyl groups excluding tert-OH is 1. The summed E-state index contributed by atoms with van der Waals surface area (Å²) in [6.07, 6.45) is 5.92. The maximum Gasteiger partial charge on any atom is 0.134 e. The molecule has 1 fully saturated rings. The van der Waals surface area contributed by atoms with Gasteiger partial charge in [0.15, 0.2) is 0 Å². The molecule has 2 aromatic rings. The minimum absolute atomic E-state index is 0.247. The first-order valence-electron chi connectivity index (χ1n) is 8.24. The van der Waals surface area contributed by atoms with Crippen molar-refractivity contribution in [2.24, 2.45) is 0 Å². The molecule has 122 valence electrons. The monoisotopic (exact) mass is 312 g/mol. The summed E-state index contributed by atoms with van der Waals surface area (Å²) >= 11 is 0. The summed E-state index contributed by atoms with van der Waals surface area (Å²) in [5.41, 5.74) is 2.44. The van der Waals surface area contributed by atoms with Crippen molar-refractivity contribution < 1.29 is 5.11 Å². The van der Waals surface area contributed by atoms with Crippen LogP contribution in [-0.4, -0.2) is 46.2 Å². The second-order valence-electron chi connectivity index (χ2n) is 6.11. The summed E-state index contributed by atoms with van der Waals surface area (Å²) in [5.74, 6) is 2.27. The Morgan fingerprint density at radius 1 is 1.22 bits per heavy atom. The lowest BCUT2D eigenvalue weighted by Crippen LogP contribution is -2.34. The van der Waals surface area contributed by atoms with Gasteiger partial charge in [0, 0.05) is 18.9 Å². The van der Waals surface area contributed by atoms with Crippen LogP contribution in [0, 0.1) is 6.92 Å². The summed E-state index contributed by atoms with van der Waals surface area (Å²) in [6, 6.07) is 8.23. The molecule has 0 amide bonds. The predicted octanol–water partition coefficient (Wildman–Crippen LogP) is 2.70. The minimum atomic E-state index is 0.247. The van der Waals surface area contributed by atoms with E-state index in [-0.39, 0.29) is 6.61 Å². The molecule has 0 saturated carbocycles. The first kappa shape index (κ1) is 15.9. The van der Waals surface area contributed by atoms with Crippen LogP contribution < -0.4 is 5.32 Å². The number of nitrogens with one attached hydrogen (secondary N) is 1.